The van der Waals surface area contributed by atoms with Crippen LogP contribution in [0.4, 0.5) is 8.78 Å². The Kier molecular flexibility index (Phi) is 2.82. The minimum Gasteiger partial charge on any atom is -0.488 e. The Balaban J connectivity index is 2.01. The fraction of sp³-hybridized carbons (Fsp3) is 0.235. The molecule has 0 N–H and O–H groups in total. The van der Waals surface area contributed by atoms with Crippen LogP contribution in [0.3, 0.4) is 0 Å². The lowest BCUT2D eigenvalue weighted by Gasteiger charge is -2.18. The zero-order valence-electron chi connectivity index (χ0n) is 11.4. The Bertz CT molecular complexity index is 845. The van der Waals surface area contributed by atoms with Crippen molar-refractivity contribution in [3.63, 3.8) is 0 Å². The van der Waals surface area contributed by atoms with Crippen molar-refractivity contribution in [1.82, 2.24) is 0 Å². The van der Waals surface area contributed by atoms with Gasteiger partial charge in [0.1, 0.15) is 12.4 Å². The van der Waals surface area contributed by atoms with E-state index < -0.39 is 17.0 Å². The molecule has 0 aromatic heterocycles. The standard InChI is InChI=1S/C17H10BrF2NO/c18-11-1-2-12-9(3-11)8-22-16-5-15(20)14(19)4-13(16)17(12)6-10(17)7-21/h1-5,10H,6,8H2/t10?,17-/m1/s1. The summed E-state index contributed by atoms with van der Waals surface area (Å²) in [5.74, 6) is -1.78. The van der Waals surface area contributed by atoms with E-state index in [1.165, 1.54) is 6.07 Å². The fourth-order valence-electron chi connectivity index (χ4n) is 3.43. The Labute approximate surface area is 134 Å². The van der Waals surface area contributed by atoms with Gasteiger partial charge in [-0.05, 0) is 35.7 Å². The van der Waals surface area contributed by atoms with E-state index in [0.717, 1.165) is 21.7 Å². The van der Waals surface area contributed by atoms with Crippen molar-refractivity contribution in [3.05, 3.63) is 63.1 Å². The first kappa shape index (κ1) is 13.7. The molecule has 22 heavy (non-hydrogen) atoms. The van der Waals surface area contributed by atoms with Crippen LogP contribution in [0.5, 0.6) is 5.75 Å². The van der Waals surface area contributed by atoms with Crippen LogP contribution in [0.15, 0.2) is 34.8 Å². The van der Waals surface area contributed by atoms with Gasteiger partial charge < -0.3 is 4.74 Å². The fourth-order valence-corrected chi connectivity index (χ4v) is 3.84. The van der Waals surface area contributed by atoms with E-state index in [4.69, 9.17) is 4.74 Å². The molecule has 2 nitrogen and oxygen atoms in total. The topological polar surface area (TPSA) is 33.0 Å². The number of rotatable bonds is 0. The van der Waals surface area contributed by atoms with Crippen molar-refractivity contribution in [1.29, 1.82) is 5.26 Å². The van der Waals surface area contributed by atoms with Crippen LogP contribution >= 0.6 is 15.9 Å². The number of halogens is 3. The molecule has 2 aromatic carbocycles. The molecule has 0 bridgehead atoms. The summed E-state index contributed by atoms with van der Waals surface area (Å²) in [7, 11) is 0. The summed E-state index contributed by atoms with van der Waals surface area (Å²) in [4.78, 5) is 0. The molecule has 1 aliphatic heterocycles. The summed E-state index contributed by atoms with van der Waals surface area (Å²) >= 11 is 3.42. The molecule has 2 aromatic rings. The smallest absolute Gasteiger partial charge is 0.162 e. The average Bonchev–Trinajstić information content (AvgIpc) is 3.24. The molecule has 2 aliphatic rings. The van der Waals surface area contributed by atoms with E-state index in [0.29, 0.717) is 17.7 Å². The van der Waals surface area contributed by atoms with Crippen LogP contribution in [0.25, 0.3) is 0 Å². The highest BCUT2D eigenvalue weighted by molar-refractivity contribution is 9.10. The van der Waals surface area contributed by atoms with Gasteiger partial charge in [0.05, 0.1) is 12.0 Å². The van der Waals surface area contributed by atoms with Crippen LogP contribution in [0.1, 0.15) is 23.1 Å². The van der Waals surface area contributed by atoms with Crippen molar-refractivity contribution in [3.8, 4) is 11.8 Å². The SMILES string of the molecule is N#CC1C[C@]12c1ccc(Br)cc1COc1cc(F)c(F)cc12. The first-order chi connectivity index (χ1) is 10.6. The molecule has 110 valence electrons. The maximum absolute atomic E-state index is 13.8. The highest BCUT2D eigenvalue weighted by Gasteiger charge is 2.60. The van der Waals surface area contributed by atoms with Gasteiger partial charge in [-0.2, -0.15) is 5.26 Å². The van der Waals surface area contributed by atoms with E-state index in [2.05, 4.69) is 22.0 Å². The zero-order chi connectivity index (χ0) is 15.5. The second-order valence-electron chi connectivity index (χ2n) is 5.71. The van der Waals surface area contributed by atoms with Crippen molar-refractivity contribution in [2.24, 2.45) is 5.92 Å². The average molecular weight is 362 g/mol. The minimum atomic E-state index is -0.935. The second kappa shape index (κ2) is 4.53. The van der Waals surface area contributed by atoms with Crippen LogP contribution in [-0.4, -0.2) is 0 Å². The molecule has 1 fully saturated rings. The van der Waals surface area contributed by atoms with Crippen LogP contribution in [0.2, 0.25) is 0 Å². The molecular formula is C17H10BrF2NO. The minimum absolute atomic E-state index is 0.252. The Morgan fingerprint density at radius 1 is 1.18 bits per heavy atom. The Hall–Kier alpha value is -1.93. The largest absolute Gasteiger partial charge is 0.488 e. The molecule has 5 heteroatoms. The lowest BCUT2D eigenvalue weighted by atomic mass is 9.83. The van der Waals surface area contributed by atoms with Gasteiger partial charge in [0, 0.05) is 21.5 Å². The molecule has 1 heterocycles. The number of hydrogen-bond donors (Lipinski definition) is 0. The third-order valence-electron chi connectivity index (χ3n) is 4.55. The highest BCUT2D eigenvalue weighted by atomic mass is 79.9. The Morgan fingerprint density at radius 3 is 2.68 bits per heavy atom. The normalized spacial score (nSPS) is 24.7. The van der Waals surface area contributed by atoms with Crippen molar-refractivity contribution < 1.29 is 13.5 Å². The van der Waals surface area contributed by atoms with E-state index in [1.54, 1.807) is 0 Å². The van der Waals surface area contributed by atoms with Gasteiger partial charge in [0.15, 0.2) is 11.6 Å². The predicted octanol–water partition coefficient (Wildman–Crippen LogP) is 4.45. The second-order valence-corrected chi connectivity index (χ2v) is 6.63. The lowest BCUT2D eigenvalue weighted by Crippen LogP contribution is -2.13. The Morgan fingerprint density at radius 2 is 1.95 bits per heavy atom. The van der Waals surface area contributed by atoms with Gasteiger partial charge in [0.25, 0.3) is 0 Å². The number of ether oxygens (including phenoxy) is 1. The van der Waals surface area contributed by atoms with Crippen molar-refractivity contribution in [2.75, 3.05) is 0 Å². The molecule has 0 radical (unpaired) electrons. The third kappa shape index (κ3) is 1.74. The van der Waals surface area contributed by atoms with Crippen LogP contribution in [-0.2, 0) is 12.0 Å². The monoisotopic (exact) mass is 361 g/mol. The zero-order valence-corrected chi connectivity index (χ0v) is 13.0. The third-order valence-corrected chi connectivity index (χ3v) is 5.04. The summed E-state index contributed by atoms with van der Waals surface area (Å²) in [5, 5.41) is 9.38. The number of fused-ring (bicyclic) bond motifs is 4. The van der Waals surface area contributed by atoms with Gasteiger partial charge in [-0.25, -0.2) is 8.78 Å². The molecule has 1 unspecified atom stereocenters. The maximum atomic E-state index is 13.8. The summed E-state index contributed by atoms with van der Waals surface area (Å²) in [6.07, 6.45) is 0.597. The van der Waals surface area contributed by atoms with E-state index >= 15 is 0 Å². The number of benzene rings is 2. The highest BCUT2D eigenvalue weighted by Crippen LogP contribution is 2.62. The van der Waals surface area contributed by atoms with Crippen molar-refractivity contribution in [2.45, 2.75) is 18.4 Å². The summed E-state index contributed by atoms with van der Waals surface area (Å²) in [6.45, 7) is 0.271. The first-order valence-corrected chi connectivity index (χ1v) is 7.66. The molecular weight excluding hydrogens is 352 g/mol. The van der Waals surface area contributed by atoms with Crippen LogP contribution in [0, 0.1) is 28.9 Å². The first-order valence-electron chi connectivity index (χ1n) is 6.87. The molecule has 4 rings (SSSR count). The van der Waals surface area contributed by atoms with E-state index in [-0.39, 0.29) is 12.5 Å². The number of nitriles is 1. The molecule has 1 spiro atoms. The molecule has 1 saturated carbocycles. The quantitative estimate of drug-likeness (QED) is 0.694. The predicted molar refractivity (Wildman–Crippen MR) is 79.3 cm³/mol. The van der Waals surface area contributed by atoms with Gasteiger partial charge in [-0.3, -0.25) is 0 Å². The van der Waals surface area contributed by atoms with Crippen LogP contribution < -0.4 is 4.74 Å². The van der Waals surface area contributed by atoms with Gasteiger partial charge in [-0.15, -0.1) is 0 Å². The molecule has 0 saturated heterocycles. The molecule has 0 amide bonds. The molecule has 1 aliphatic carbocycles. The number of hydrogen-bond acceptors (Lipinski definition) is 2. The van der Waals surface area contributed by atoms with Gasteiger partial charge in [-0.1, -0.05) is 22.0 Å². The lowest BCUT2D eigenvalue weighted by molar-refractivity contribution is 0.303. The van der Waals surface area contributed by atoms with E-state index in [9.17, 15) is 14.0 Å². The van der Waals surface area contributed by atoms with Gasteiger partial charge in [0.2, 0.25) is 0 Å². The maximum Gasteiger partial charge on any atom is 0.162 e. The number of nitrogens with zero attached hydrogens (tertiary/aromatic N) is 1. The summed E-state index contributed by atoms with van der Waals surface area (Å²) < 4.78 is 33.9. The van der Waals surface area contributed by atoms with Crippen molar-refractivity contribution >= 4 is 15.9 Å². The summed E-state index contributed by atoms with van der Waals surface area (Å²) in [6, 6.07) is 10.3. The molecule has 2 atom stereocenters. The van der Waals surface area contributed by atoms with Gasteiger partial charge >= 0.3 is 0 Å². The summed E-state index contributed by atoms with van der Waals surface area (Å²) in [5.41, 5.74) is 1.88. The van der Waals surface area contributed by atoms with E-state index in [1.807, 2.05) is 18.2 Å².